The first kappa shape index (κ1) is 26.5. The van der Waals surface area contributed by atoms with Crippen LogP contribution in [0.4, 0.5) is 0 Å². The molecular weight excluding hydrogens is 330 g/mol. The topological polar surface area (TPSA) is 92.5 Å². The summed E-state index contributed by atoms with van der Waals surface area (Å²) in [5, 5.41) is 2.98. The SMILES string of the molecule is C=CC.C=O.CCC(=O)NC(C(=O)N1CCCC1)C1CCCCC1.CN. The van der Waals surface area contributed by atoms with Crippen molar-refractivity contribution in [3.63, 3.8) is 0 Å². The molecule has 6 nitrogen and oxygen atoms in total. The third kappa shape index (κ3) is 10.3. The van der Waals surface area contributed by atoms with Crippen LogP contribution >= 0.6 is 0 Å². The van der Waals surface area contributed by atoms with Crippen molar-refractivity contribution in [2.75, 3.05) is 20.1 Å². The summed E-state index contributed by atoms with van der Waals surface area (Å²) in [5.41, 5.74) is 4.50. The summed E-state index contributed by atoms with van der Waals surface area (Å²) in [5.74, 6) is 0.506. The Balaban J connectivity index is 0. The van der Waals surface area contributed by atoms with Gasteiger partial charge in [0.1, 0.15) is 12.8 Å². The van der Waals surface area contributed by atoms with Gasteiger partial charge in [-0.15, -0.1) is 6.58 Å². The second kappa shape index (κ2) is 18.1. The molecule has 0 aromatic rings. The Labute approximate surface area is 159 Å². The molecule has 1 unspecified atom stereocenters. The largest absolute Gasteiger partial charge is 0.344 e. The number of nitrogens with two attached hydrogens (primary N) is 1. The molecule has 2 rings (SSSR count). The molecule has 2 amide bonds. The third-order valence-corrected chi connectivity index (χ3v) is 4.44. The van der Waals surface area contributed by atoms with Crippen molar-refractivity contribution in [3.05, 3.63) is 12.7 Å². The van der Waals surface area contributed by atoms with Gasteiger partial charge in [0.25, 0.3) is 0 Å². The van der Waals surface area contributed by atoms with E-state index in [1.54, 1.807) is 6.08 Å². The van der Waals surface area contributed by atoms with E-state index in [1.807, 2.05) is 25.5 Å². The van der Waals surface area contributed by atoms with Gasteiger partial charge in [0, 0.05) is 19.5 Å². The summed E-state index contributed by atoms with van der Waals surface area (Å²) < 4.78 is 0. The monoisotopic (exact) mass is 369 g/mol. The lowest BCUT2D eigenvalue weighted by molar-refractivity contribution is -0.137. The van der Waals surface area contributed by atoms with Crippen molar-refractivity contribution >= 4 is 18.6 Å². The summed E-state index contributed by atoms with van der Waals surface area (Å²) in [6.45, 7) is 10.8. The summed E-state index contributed by atoms with van der Waals surface area (Å²) in [6.07, 6.45) is 10.2. The molecule has 1 aliphatic carbocycles. The lowest BCUT2D eigenvalue weighted by Crippen LogP contribution is -2.52. The number of likely N-dealkylation sites (tertiary alicyclic amines) is 1. The Morgan fingerprint density at radius 3 is 2.00 bits per heavy atom. The molecule has 0 spiro atoms. The van der Waals surface area contributed by atoms with Gasteiger partial charge in [-0.05, 0) is 45.6 Å². The number of hydrogen-bond donors (Lipinski definition) is 2. The van der Waals surface area contributed by atoms with Gasteiger partial charge < -0.3 is 20.7 Å². The van der Waals surface area contributed by atoms with Crippen molar-refractivity contribution in [2.24, 2.45) is 11.7 Å². The van der Waals surface area contributed by atoms with Gasteiger partial charge in [-0.3, -0.25) is 9.59 Å². The second-order valence-corrected chi connectivity index (χ2v) is 6.24. The molecule has 2 fully saturated rings. The number of carbonyl (C=O) groups is 3. The first-order valence-electron chi connectivity index (χ1n) is 9.65. The van der Waals surface area contributed by atoms with E-state index < -0.39 is 0 Å². The average Bonchev–Trinajstić information content (AvgIpc) is 3.24. The Morgan fingerprint density at radius 2 is 1.58 bits per heavy atom. The van der Waals surface area contributed by atoms with Crippen LogP contribution in [0, 0.1) is 5.92 Å². The number of nitrogens with zero attached hydrogens (tertiary/aromatic N) is 1. The predicted molar refractivity (Wildman–Crippen MR) is 108 cm³/mol. The van der Waals surface area contributed by atoms with Gasteiger partial charge in [-0.1, -0.05) is 32.3 Å². The van der Waals surface area contributed by atoms with Crippen LogP contribution < -0.4 is 11.1 Å². The fourth-order valence-electron chi connectivity index (χ4n) is 3.26. The van der Waals surface area contributed by atoms with E-state index in [-0.39, 0.29) is 17.9 Å². The number of allylic oxidation sites excluding steroid dienone is 1. The quantitative estimate of drug-likeness (QED) is 0.745. The van der Waals surface area contributed by atoms with E-state index in [4.69, 9.17) is 4.79 Å². The highest BCUT2D eigenvalue weighted by atomic mass is 16.2. The molecular formula is C20H39N3O3. The Bertz CT molecular complexity index is 376. The van der Waals surface area contributed by atoms with Crippen molar-refractivity contribution in [2.45, 2.75) is 71.3 Å². The highest BCUT2D eigenvalue weighted by molar-refractivity contribution is 5.88. The molecule has 2 aliphatic rings. The van der Waals surface area contributed by atoms with Crippen LogP contribution in [0.15, 0.2) is 12.7 Å². The maximum Gasteiger partial charge on any atom is 0.245 e. The van der Waals surface area contributed by atoms with E-state index in [0.29, 0.717) is 12.3 Å². The minimum Gasteiger partial charge on any atom is -0.344 e. The standard InChI is InChI=1S/C15H26N2O2.C3H6.CH5N.CH2O/c1-2-13(18)16-14(12-8-4-3-5-9-12)15(19)17-10-6-7-11-17;1-3-2;2*1-2/h12,14H,2-11H2,1H3,(H,16,18);3H,1H2,2H3;2H2,1H3;1H2. The van der Waals surface area contributed by atoms with Crippen LogP contribution in [-0.2, 0) is 14.4 Å². The Hall–Kier alpha value is -1.69. The molecule has 1 atom stereocenters. The highest BCUT2D eigenvalue weighted by Crippen LogP contribution is 2.28. The average molecular weight is 370 g/mol. The third-order valence-electron chi connectivity index (χ3n) is 4.44. The lowest BCUT2D eigenvalue weighted by Gasteiger charge is -2.32. The van der Waals surface area contributed by atoms with Crippen LogP contribution in [0.1, 0.15) is 65.2 Å². The first-order valence-corrected chi connectivity index (χ1v) is 9.65. The molecule has 1 saturated heterocycles. The lowest BCUT2D eigenvalue weighted by atomic mass is 9.83. The van der Waals surface area contributed by atoms with Gasteiger partial charge in [-0.25, -0.2) is 0 Å². The summed E-state index contributed by atoms with van der Waals surface area (Å²) in [7, 11) is 1.50. The van der Waals surface area contributed by atoms with Gasteiger partial charge in [0.2, 0.25) is 11.8 Å². The normalized spacial score (nSPS) is 17.2. The zero-order valence-corrected chi connectivity index (χ0v) is 17.0. The van der Waals surface area contributed by atoms with Gasteiger partial charge >= 0.3 is 0 Å². The number of carbonyl (C=O) groups excluding carboxylic acids is 3. The molecule has 3 N–H and O–H groups in total. The number of rotatable bonds is 4. The van der Waals surface area contributed by atoms with Crippen LogP contribution in [0.2, 0.25) is 0 Å². The summed E-state index contributed by atoms with van der Waals surface area (Å²) >= 11 is 0. The van der Waals surface area contributed by atoms with Gasteiger partial charge in [0.05, 0.1) is 0 Å². The Morgan fingerprint density at radius 1 is 1.12 bits per heavy atom. The summed E-state index contributed by atoms with van der Waals surface area (Å²) in [6, 6.07) is -0.272. The maximum absolute atomic E-state index is 12.6. The minimum atomic E-state index is -0.272. The molecule has 1 heterocycles. The highest BCUT2D eigenvalue weighted by Gasteiger charge is 2.34. The molecule has 1 saturated carbocycles. The number of nitrogens with one attached hydrogen (secondary N) is 1. The van der Waals surface area contributed by atoms with Crippen LogP contribution in [0.25, 0.3) is 0 Å². The molecule has 0 bridgehead atoms. The van der Waals surface area contributed by atoms with Crippen LogP contribution in [-0.4, -0.2) is 49.7 Å². The molecule has 152 valence electrons. The van der Waals surface area contributed by atoms with E-state index in [9.17, 15) is 9.59 Å². The molecule has 1 aliphatic heterocycles. The first-order chi connectivity index (χ1) is 12.6. The fourth-order valence-corrected chi connectivity index (χ4v) is 3.26. The van der Waals surface area contributed by atoms with E-state index >= 15 is 0 Å². The van der Waals surface area contributed by atoms with Crippen molar-refractivity contribution < 1.29 is 14.4 Å². The Kier molecular flexibility index (Phi) is 18.5. The minimum absolute atomic E-state index is 0.00289. The predicted octanol–water partition coefficient (Wildman–Crippen LogP) is 2.67. The second-order valence-electron chi connectivity index (χ2n) is 6.24. The summed E-state index contributed by atoms with van der Waals surface area (Å²) in [4.78, 5) is 34.2. The van der Waals surface area contributed by atoms with E-state index in [1.165, 1.54) is 26.3 Å². The van der Waals surface area contributed by atoms with Crippen molar-refractivity contribution in [1.29, 1.82) is 0 Å². The fraction of sp³-hybridized carbons (Fsp3) is 0.750. The van der Waals surface area contributed by atoms with Crippen LogP contribution in [0.3, 0.4) is 0 Å². The zero-order valence-electron chi connectivity index (χ0n) is 17.0. The molecule has 0 aromatic heterocycles. The van der Waals surface area contributed by atoms with E-state index in [0.717, 1.165) is 38.8 Å². The maximum atomic E-state index is 12.6. The number of amides is 2. The molecule has 6 heteroatoms. The molecule has 0 aromatic carbocycles. The van der Waals surface area contributed by atoms with Gasteiger partial charge in [-0.2, -0.15) is 0 Å². The zero-order chi connectivity index (χ0) is 20.4. The van der Waals surface area contributed by atoms with Crippen molar-refractivity contribution in [3.8, 4) is 0 Å². The number of hydrogen-bond acceptors (Lipinski definition) is 4. The van der Waals surface area contributed by atoms with Gasteiger partial charge in [0.15, 0.2) is 0 Å². The van der Waals surface area contributed by atoms with Crippen molar-refractivity contribution in [1.82, 2.24) is 10.2 Å². The van der Waals surface area contributed by atoms with Crippen LogP contribution in [0.5, 0.6) is 0 Å². The smallest absolute Gasteiger partial charge is 0.245 e. The molecule has 0 radical (unpaired) electrons. The molecule has 26 heavy (non-hydrogen) atoms. The van der Waals surface area contributed by atoms with E-state index in [2.05, 4.69) is 17.6 Å².